The summed E-state index contributed by atoms with van der Waals surface area (Å²) in [5.41, 5.74) is 1.27. The molecule has 1 aromatic rings. The average Bonchev–Trinajstić information content (AvgIpc) is 2.97. The Morgan fingerprint density at radius 1 is 1.44 bits per heavy atom. The third-order valence-corrected chi connectivity index (χ3v) is 3.59. The predicted molar refractivity (Wildman–Crippen MR) is 60.7 cm³/mol. The van der Waals surface area contributed by atoms with Gasteiger partial charge in [-0.3, -0.25) is 4.68 Å². The number of nitriles is 1. The Morgan fingerprint density at radius 3 is 2.94 bits per heavy atom. The summed E-state index contributed by atoms with van der Waals surface area (Å²) in [5.74, 6) is 1.33. The van der Waals surface area contributed by atoms with Crippen LogP contribution in [0, 0.1) is 17.2 Å². The number of hydrogen-bond acceptors (Lipinski definition) is 2. The Hall–Kier alpha value is -1.56. The first kappa shape index (κ1) is 9.65. The molecule has 82 valence electrons. The van der Waals surface area contributed by atoms with E-state index in [0.29, 0.717) is 12.0 Å². The van der Waals surface area contributed by atoms with Crippen molar-refractivity contribution in [2.75, 3.05) is 0 Å². The van der Waals surface area contributed by atoms with Crippen LogP contribution in [0.2, 0.25) is 0 Å². The predicted octanol–water partition coefficient (Wildman–Crippen LogP) is 2.79. The highest BCUT2D eigenvalue weighted by Gasteiger charge is 2.31. The van der Waals surface area contributed by atoms with E-state index < -0.39 is 0 Å². The van der Waals surface area contributed by atoms with Gasteiger partial charge in [-0.05, 0) is 37.7 Å². The molecule has 3 rings (SSSR count). The molecule has 0 saturated heterocycles. The zero-order valence-electron chi connectivity index (χ0n) is 9.21. The van der Waals surface area contributed by atoms with Crippen LogP contribution in [0.4, 0.5) is 0 Å². The standard InChI is InChI=1S/C13H15N3/c14-6-1-2-10-8-12(9-10)16-7-5-13(15-16)11-3-4-11/h1-2,5,7,10-12H,3-4,8-9H2/b2-1+. The van der Waals surface area contributed by atoms with Crippen molar-refractivity contribution >= 4 is 0 Å². The lowest BCUT2D eigenvalue weighted by Crippen LogP contribution is -2.25. The van der Waals surface area contributed by atoms with Crippen LogP contribution < -0.4 is 0 Å². The first-order valence-corrected chi connectivity index (χ1v) is 5.98. The van der Waals surface area contributed by atoms with Gasteiger partial charge in [0.25, 0.3) is 0 Å². The minimum Gasteiger partial charge on any atom is -0.269 e. The fraction of sp³-hybridized carbons (Fsp3) is 0.538. The second-order valence-corrected chi connectivity index (χ2v) is 4.87. The summed E-state index contributed by atoms with van der Waals surface area (Å²) < 4.78 is 2.12. The van der Waals surface area contributed by atoms with E-state index in [9.17, 15) is 0 Å². The molecule has 0 amide bonds. The van der Waals surface area contributed by atoms with Gasteiger partial charge in [0, 0.05) is 18.2 Å². The summed E-state index contributed by atoms with van der Waals surface area (Å²) >= 11 is 0. The van der Waals surface area contributed by atoms with Gasteiger partial charge in [0.2, 0.25) is 0 Å². The maximum absolute atomic E-state index is 8.43. The topological polar surface area (TPSA) is 41.6 Å². The summed E-state index contributed by atoms with van der Waals surface area (Å²) in [6, 6.07) is 4.76. The Labute approximate surface area is 95.4 Å². The lowest BCUT2D eigenvalue weighted by atomic mass is 9.80. The molecule has 0 N–H and O–H groups in total. The van der Waals surface area contributed by atoms with Crippen LogP contribution in [0.25, 0.3) is 0 Å². The number of rotatable bonds is 3. The lowest BCUT2D eigenvalue weighted by Gasteiger charge is -2.33. The Kier molecular flexibility index (Phi) is 2.28. The molecule has 0 radical (unpaired) electrons. The van der Waals surface area contributed by atoms with Crippen LogP contribution in [0.15, 0.2) is 24.4 Å². The number of allylic oxidation sites excluding steroid dienone is 2. The second kappa shape index (κ2) is 3.79. The van der Waals surface area contributed by atoms with Gasteiger partial charge in [-0.1, -0.05) is 6.08 Å². The Morgan fingerprint density at radius 2 is 2.25 bits per heavy atom. The first-order chi connectivity index (χ1) is 7.86. The first-order valence-electron chi connectivity index (χ1n) is 5.98. The largest absolute Gasteiger partial charge is 0.269 e. The highest BCUT2D eigenvalue weighted by Crippen LogP contribution is 2.41. The van der Waals surface area contributed by atoms with Crippen molar-refractivity contribution in [2.45, 2.75) is 37.6 Å². The van der Waals surface area contributed by atoms with E-state index in [2.05, 4.69) is 22.0 Å². The van der Waals surface area contributed by atoms with Crippen LogP contribution in [-0.2, 0) is 0 Å². The van der Waals surface area contributed by atoms with E-state index in [0.717, 1.165) is 18.8 Å². The lowest BCUT2D eigenvalue weighted by molar-refractivity contribution is 0.223. The van der Waals surface area contributed by atoms with E-state index in [1.807, 2.05) is 12.1 Å². The normalized spacial score (nSPS) is 28.9. The van der Waals surface area contributed by atoms with Crippen LogP contribution in [0.5, 0.6) is 0 Å². The number of hydrogen-bond donors (Lipinski definition) is 0. The minimum absolute atomic E-state index is 0.556. The van der Waals surface area contributed by atoms with Crippen LogP contribution >= 0.6 is 0 Å². The van der Waals surface area contributed by atoms with Gasteiger partial charge in [-0.15, -0.1) is 0 Å². The van der Waals surface area contributed by atoms with Gasteiger partial charge in [-0.2, -0.15) is 10.4 Å². The maximum atomic E-state index is 8.43. The highest BCUT2D eigenvalue weighted by atomic mass is 15.3. The third-order valence-electron chi connectivity index (χ3n) is 3.59. The molecule has 0 aromatic carbocycles. The Balaban J connectivity index is 1.59. The van der Waals surface area contributed by atoms with Gasteiger partial charge in [-0.25, -0.2) is 0 Å². The van der Waals surface area contributed by atoms with Gasteiger partial charge in [0.15, 0.2) is 0 Å². The van der Waals surface area contributed by atoms with Crippen LogP contribution in [-0.4, -0.2) is 9.78 Å². The van der Waals surface area contributed by atoms with Crippen molar-refractivity contribution in [3.63, 3.8) is 0 Å². The van der Waals surface area contributed by atoms with E-state index in [1.165, 1.54) is 18.5 Å². The van der Waals surface area contributed by atoms with Crippen molar-refractivity contribution in [3.8, 4) is 6.07 Å². The van der Waals surface area contributed by atoms with Crippen molar-refractivity contribution in [1.82, 2.24) is 9.78 Å². The van der Waals surface area contributed by atoms with E-state index in [4.69, 9.17) is 5.26 Å². The Bertz CT molecular complexity index is 442. The minimum atomic E-state index is 0.556. The molecule has 2 aliphatic rings. The quantitative estimate of drug-likeness (QED) is 0.724. The van der Waals surface area contributed by atoms with Crippen LogP contribution in [0.1, 0.15) is 43.3 Å². The SMILES string of the molecule is N#C/C=C/C1CC(n2ccc(C3CC3)n2)C1. The monoisotopic (exact) mass is 213 g/mol. The molecule has 2 aliphatic carbocycles. The third kappa shape index (κ3) is 1.76. The van der Waals surface area contributed by atoms with E-state index in [1.54, 1.807) is 6.08 Å². The zero-order valence-corrected chi connectivity index (χ0v) is 9.21. The molecule has 0 atom stereocenters. The molecule has 3 nitrogen and oxygen atoms in total. The van der Waals surface area contributed by atoms with Gasteiger partial charge in [0.05, 0.1) is 17.8 Å². The summed E-state index contributed by atoms with van der Waals surface area (Å²) in [7, 11) is 0. The smallest absolute Gasteiger partial charge is 0.0908 e. The molecule has 2 saturated carbocycles. The van der Waals surface area contributed by atoms with E-state index >= 15 is 0 Å². The molecule has 1 heterocycles. The van der Waals surface area contributed by atoms with Crippen LogP contribution in [0.3, 0.4) is 0 Å². The molecule has 0 unspecified atom stereocenters. The van der Waals surface area contributed by atoms with Crippen molar-refractivity contribution in [3.05, 3.63) is 30.1 Å². The van der Waals surface area contributed by atoms with Gasteiger partial charge < -0.3 is 0 Å². The summed E-state index contributed by atoms with van der Waals surface area (Å²) in [5, 5.41) is 13.1. The molecule has 0 bridgehead atoms. The molecular weight excluding hydrogens is 198 g/mol. The molecule has 16 heavy (non-hydrogen) atoms. The molecular formula is C13H15N3. The molecule has 0 spiro atoms. The second-order valence-electron chi connectivity index (χ2n) is 4.87. The number of aromatic nitrogens is 2. The average molecular weight is 213 g/mol. The molecule has 2 fully saturated rings. The highest BCUT2D eigenvalue weighted by molar-refractivity contribution is 5.14. The fourth-order valence-electron chi connectivity index (χ4n) is 2.34. The van der Waals surface area contributed by atoms with Gasteiger partial charge in [0.1, 0.15) is 0 Å². The molecule has 0 aliphatic heterocycles. The van der Waals surface area contributed by atoms with E-state index in [-0.39, 0.29) is 0 Å². The number of nitrogens with zero attached hydrogens (tertiary/aromatic N) is 3. The zero-order chi connectivity index (χ0) is 11.0. The van der Waals surface area contributed by atoms with Crippen molar-refractivity contribution in [1.29, 1.82) is 5.26 Å². The summed E-state index contributed by atoms with van der Waals surface area (Å²) in [6.45, 7) is 0. The molecule has 3 heteroatoms. The maximum Gasteiger partial charge on any atom is 0.0908 e. The van der Waals surface area contributed by atoms with Gasteiger partial charge >= 0.3 is 0 Å². The van der Waals surface area contributed by atoms with Crippen molar-refractivity contribution in [2.24, 2.45) is 5.92 Å². The summed E-state index contributed by atoms with van der Waals surface area (Å²) in [6.07, 6.45) is 10.6. The van der Waals surface area contributed by atoms with Crippen molar-refractivity contribution < 1.29 is 0 Å². The summed E-state index contributed by atoms with van der Waals surface area (Å²) in [4.78, 5) is 0. The molecule has 1 aromatic heterocycles. The fourth-order valence-corrected chi connectivity index (χ4v) is 2.34.